The predicted molar refractivity (Wildman–Crippen MR) is 110 cm³/mol. The second kappa shape index (κ2) is 9.10. The first-order valence-electron chi connectivity index (χ1n) is 9.19. The van der Waals surface area contributed by atoms with E-state index in [9.17, 15) is 13.2 Å². The van der Waals surface area contributed by atoms with E-state index in [-0.39, 0.29) is 35.3 Å². The van der Waals surface area contributed by atoms with Crippen LogP contribution in [0.15, 0.2) is 64.0 Å². The number of aromatic nitrogens is 1. The van der Waals surface area contributed by atoms with Gasteiger partial charge < -0.3 is 14.0 Å². The van der Waals surface area contributed by atoms with E-state index in [1.807, 2.05) is 30.3 Å². The van der Waals surface area contributed by atoms with E-state index < -0.39 is 16.0 Å². The van der Waals surface area contributed by atoms with Crippen LogP contribution in [0, 0.1) is 0 Å². The van der Waals surface area contributed by atoms with Crippen molar-refractivity contribution in [3.05, 3.63) is 65.9 Å². The van der Waals surface area contributed by atoms with Crippen LogP contribution in [0.2, 0.25) is 0 Å². The Balaban J connectivity index is 1.95. The zero-order chi connectivity index (χ0) is 21.7. The fourth-order valence-corrected chi connectivity index (χ4v) is 4.17. The van der Waals surface area contributed by atoms with Crippen LogP contribution in [0.5, 0.6) is 5.75 Å². The molecule has 0 saturated carbocycles. The second-order valence-electron chi connectivity index (χ2n) is 6.41. The summed E-state index contributed by atoms with van der Waals surface area (Å²) in [6.07, 6.45) is 0. The van der Waals surface area contributed by atoms with E-state index in [0.717, 1.165) is 5.56 Å². The quantitative estimate of drug-likeness (QED) is 0.505. The number of ether oxygens (including phenoxy) is 2. The van der Waals surface area contributed by atoms with E-state index in [1.165, 1.54) is 36.7 Å². The molecule has 3 aromatic rings. The van der Waals surface area contributed by atoms with Crippen LogP contribution in [0.4, 0.5) is 0 Å². The van der Waals surface area contributed by atoms with E-state index >= 15 is 0 Å². The zero-order valence-corrected chi connectivity index (χ0v) is 17.7. The molecule has 0 aliphatic heterocycles. The van der Waals surface area contributed by atoms with E-state index in [4.69, 9.17) is 14.0 Å². The van der Waals surface area contributed by atoms with Crippen molar-refractivity contribution in [3.63, 3.8) is 0 Å². The Morgan fingerprint density at radius 3 is 2.53 bits per heavy atom. The fourth-order valence-electron chi connectivity index (χ4n) is 2.84. The Morgan fingerprint density at radius 2 is 1.87 bits per heavy atom. The average Bonchev–Trinajstić information content (AvgIpc) is 3.24. The van der Waals surface area contributed by atoms with Gasteiger partial charge in [-0.1, -0.05) is 35.5 Å². The summed E-state index contributed by atoms with van der Waals surface area (Å²) in [4.78, 5) is 11.8. The predicted octanol–water partition coefficient (Wildman–Crippen LogP) is 3.35. The van der Waals surface area contributed by atoms with Gasteiger partial charge in [-0.25, -0.2) is 13.2 Å². The first kappa shape index (κ1) is 21.5. The molecule has 0 amide bonds. The smallest absolute Gasteiger partial charge is 0.360 e. The minimum absolute atomic E-state index is 0.00766. The number of benzene rings is 2. The third-order valence-electron chi connectivity index (χ3n) is 4.38. The lowest BCUT2D eigenvalue weighted by molar-refractivity contribution is 0.0514. The van der Waals surface area contributed by atoms with Crippen molar-refractivity contribution >= 4 is 16.0 Å². The van der Waals surface area contributed by atoms with Crippen LogP contribution in [0.3, 0.4) is 0 Å². The van der Waals surface area contributed by atoms with Gasteiger partial charge in [0.25, 0.3) is 0 Å². The molecule has 0 N–H and O–H groups in total. The molecule has 0 radical (unpaired) electrons. The largest absolute Gasteiger partial charge is 0.495 e. The van der Waals surface area contributed by atoms with E-state index in [2.05, 4.69) is 5.16 Å². The maximum Gasteiger partial charge on any atom is 0.360 e. The Kier molecular flexibility index (Phi) is 6.53. The summed E-state index contributed by atoms with van der Waals surface area (Å²) in [5.41, 5.74) is 1.30. The molecular weight excluding hydrogens is 408 g/mol. The summed E-state index contributed by atoms with van der Waals surface area (Å²) in [7, 11) is -0.971. The number of sulfonamides is 1. The van der Waals surface area contributed by atoms with Crippen molar-refractivity contribution < 1.29 is 27.2 Å². The van der Waals surface area contributed by atoms with E-state index in [1.54, 1.807) is 13.0 Å². The number of hydrogen-bond donors (Lipinski definition) is 0. The average molecular weight is 430 g/mol. The summed E-state index contributed by atoms with van der Waals surface area (Å²) in [6.45, 7) is 2.09. The lowest BCUT2D eigenvalue weighted by Gasteiger charge is -2.19. The second-order valence-corrected chi connectivity index (χ2v) is 8.42. The lowest BCUT2D eigenvalue weighted by Crippen LogP contribution is -2.27. The van der Waals surface area contributed by atoms with E-state index in [0.29, 0.717) is 5.56 Å². The molecule has 3 rings (SSSR count). The molecule has 0 aliphatic carbocycles. The van der Waals surface area contributed by atoms with Gasteiger partial charge in [-0.3, -0.25) is 0 Å². The van der Waals surface area contributed by atoms with Crippen LogP contribution < -0.4 is 4.74 Å². The van der Waals surface area contributed by atoms with Crippen LogP contribution >= 0.6 is 0 Å². The van der Waals surface area contributed by atoms with Gasteiger partial charge in [-0.15, -0.1) is 0 Å². The molecule has 0 aliphatic rings. The van der Waals surface area contributed by atoms with Gasteiger partial charge in [0.1, 0.15) is 10.6 Å². The number of carbonyl (C=O) groups excluding carboxylic acids is 1. The highest BCUT2D eigenvalue weighted by atomic mass is 32.2. The van der Waals surface area contributed by atoms with Crippen molar-refractivity contribution in [2.75, 3.05) is 20.8 Å². The number of methoxy groups -OCH3 is 1. The topological polar surface area (TPSA) is 98.9 Å². The number of nitrogens with zero attached hydrogens (tertiary/aromatic N) is 2. The molecule has 158 valence electrons. The zero-order valence-electron chi connectivity index (χ0n) is 16.9. The maximum absolute atomic E-state index is 13.2. The van der Waals surface area contributed by atoms with Gasteiger partial charge in [0.15, 0.2) is 11.5 Å². The Labute approximate surface area is 175 Å². The maximum atomic E-state index is 13.2. The molecule has 0 spiro atoms. The normalized spacial score (nSPS) is 11.5. The van der Waals surface area contributed by atoms with Gasteiger partial charge in [-0.05, 0) is 30.7 Å². The molecule has 1 aromatic heterocycles. The summed E-state index contributed by atoms with van der Waals surface area (Å²) in [5.74, 6) is -0.178. The van der Waals surface area contributed by atoms with Crippen LogP contribution in [-0.4, -0.2) is 44.6 Å². The van der Waals surface area contributed by atoms with Gasteiger partial charge in [0, 0.05) is 25.2 Å². The third-order valence-corrected chi connectivity index (χ3v) is 6.20. The van der Waals surface area contributed by atoms with Crippen molar-refractivity contribution in [3.8, 4) is 17.1 Å². The Hall–Kier alpha value is -3.17. The van der Waals surface area contributed by atoms with Crippen LogP contribution in [0.1, 0.15) is 23.0 Å². The molecule has 8 nitrogen and oxygen atoms in total. The number of carbonyl (C=O) groups is 1. The molecule has 30 heavy (non-hydrogen) atoms. The van der Waals surface area contributed by atoms with Gasteiger partial charge in [0.2, 0.25) is 10.0 Å². The Morgan fingerprint density at radius 1 is 1.13 bits per heavy atom. The fraction of sp³-hybridized carbons (Fsp3) is 0.238. The molecule has 0 atom stereocenters. The van der Waals surface area contributed by atoms with Crippen molar-refractivity contribution in [1.29, 1.82) is 0 Å². The number of hydrogen-bond acceptors (Lipinski definition) is 7. The first-order valence-corrected chi connectivity index (χ1v) is 10.6. The summed E-state index contributed by atoms with van der Waals surface area (Å²) >= 11 is 0. The van der Waals surface area contributed by atoms with Crippen molar-refractivity contribution in [2.45, 2.75) is 18.4 Å². The first-order chi connectivity index (χ1) is 14.4. The van der Waals surface area contributed by atoms with Crippen LogP contribution in [-0.2, 0) is 21.3 Å². The summed E-state index contributed by atoms with van der Waals surface area (Å²) in [5, 5.41) is 3.70. The molecule has 2 aromatic carbocycles. The minimum atomic E-state index is -3.87. The van der Waals surface area contributed by atoms with Crippen molar-refractivity contribution in [2.24, 2.45) is 0 Å². The van der Waals surface area contributed by atoms with Gasteiger partial charge in [0.05, 0.1) is 13.7 Å². The van der Waals surface area contributed by atoms with Gasteiger partial charge in [-0.2, -0.15) is 4.31 Å². The number of rotatable bonds is 8. The van der Waals surface area contributed by atoms with Crippen molar-refractivity contribution in [1.82, 2.24) is 9.46 Å². The third kappa shape index (κ3) is 4.52. The van der Waals surface area contributed by atoms with Crippen LogP contribution in [0.25, 0.3) is 11.3 Å². The molecular formula is C21H22N2O6S. The molecule has 0 bridgehead atoms. The molecule has 0 fully saturated rings. The standard InChI is InChI=1S/C21H22N2O6S/c1-4-28-21(24)17-13-19(29-22-17)16-10-11-18(27-3)20(12-16)30(25,26)23(2)14-15-8-6-5-7-9-15/h5-13H,4,14H2,1-3H3. The SMILES string of the molecule is CCOC(=O)c1cc(-c2ccc(OC)c(S(=O)(=O)N(C)Cc3ccccc3)c2)on1. The summed E-state index contributed by atoms with van der Waals surface area (Å²) < 4.78 is 43.1. The molecule has 1 heterocycles. The number of esters is 1. The molecule has 9 heteroatoms. The molecule has 0 unspecified atom stereocenters. The minimum Gasteiger partial charge on any atom is -0.495 e. The Bertz CT molecular complexity index is 1130. The highest BCUT2D eigenvalue weighted by Gasteiger charge is 2.26. The highest BCUT2D eigenvalue weighted by molar-refractivity contribution is 7.89. The highest BCUT2D eigenvalue weighted by Crippen LogP contribution is 2.32. The van der Waals surface area contributed by atoms with Gasteiger partial charge >= 0.3 is 5.97 Å². The lowest BCUT2D eigenvalue weighted by atomic mass is 10.1. The monoisotopic (exact) mass is 430 g/mol. The summed E-state index contributed by atoms with van der Waals surface area (Å²) in [6, 6.07) is 15.3. The molecule has 0 saturated heterocycles.